The number of aromatic nitrogens is 3. The zero-order valence-corrected chi connectivity index (χ0v) is 11.8. The minimum absolute atomic E-state index is 0.103. The highest BCUT2D eigenvalue weighted by molar-refractivity contribution is 5.90. The standard InChI is InChI=1S/C12H22N6O/c1-8(2)18-6-4-9(5-7-18)17(3)11(19)10-14-12(13)16-15-10/h8-9H,4-7H2,1-3H3,(H3,13,14,15,16). The average molecular weight is 266 g/mol. The monoisotopic (exact) mass is 266 g/mol. The number of hydrogen-bond donors (Lipinski definition) is 2. The molecule has 0 spiro atoms. The molecule has 19 heavy (non-hydrogen) atoms. The summed E-state index contributed by atoms with van der Waals surface area (Å²) < 4.78 is 0. The van der Waals surface area contributed by atoms with Crippen LogP contribution in [0.5, 0.6) is 0 Å². The number of likely N-dealkylation sites (tertiary alicyclic amines) is 1. The van der Waals surface area contributed by atoms with E-state index in [9.17, 15) is 4.79 Å². The maximum Gasteiger partial charge on any atom is 0.291 e. The molecular weight excluding hydrogens is 244 g/mol. The van der Waals surface area contributed by atoms with Gasteiger partial charge in [-0.2, -0.15) is 4.98 Å². The number of hydrogen-bond acceptors (Lipinski definition) is 5. The number of aromatic amines is 1. The normalized spacial score (nSPS) is 17.9. The fourth-order valence-electron chi connectivity index (χ4n) is 2.49. The van der Waals surface area contributed by atoms with Gasteiger partial charge < -0.3 is 15.5 Å². The van der Waals surface area contributed by atoms with Crippen LogP contribution in [0.1, 0.15) is 37.3 Å². The van der Waals surface area contributed by atoms with Crippen LogP contribution in [0.15, 0.2) is 0 Å². The second-order valence-electron chi connectivity index (χ2n) is 5.32. The van der Waals surface area contributed by atoms with Crippen molar-refractivity contribution >= 4 is 11.9 Å². The smallest absolute Gasteiger partial charge is 0.291 e. The third kappa shape index (κ3) is 3.04. The van der Waals surface area contributed by atoms with Gasteiger partial charge in [-0.1, -0.05) is 0 Å². The molecule has 1 saturated heterocycles. The van der Waals surface area contributed by atoms with E-state index in [-0.39, 0.29) is 23.7 Å². The number of anilines is 1. The molecule has 1 aliphatic rings. The van der Waals surface area contributed by atoms with E-state index in [1.165, 1.54) is 0 Å². The lowest BCUT2D eigenvalue weighted by atomic mass is 10.0. The van der Waals surface area contributed by atoms with Crippen molar-refractivity contribution in [3.8, 4) is 0 Å². The summed E-state index contributed by atoms with van der Waals surface area (Å²) in [5.74, 6) is 0.171. The van der Waals surface area contributed by atoms with Gasteiger partial charge in [0.15, 0.2) is 0 Å². The Morgan fingerprint density at radius 3 is 2.58 bits per heavy atom. The van der Waals surface area contributed by atoms with Crippen LogP contribution in [0.3, 0.4) is 0 Å². The minimum Gasteiger partial charge on any atom is -0.366 e. The highest BCUT2D eigenvalue weighted by atomic mass is 16.2. The lowest BCUT2D eigenvalue weighted by Gasteiger charge is -2.38. The Kier molecular flexibility index (Phi) is 4.04. The molecule has 2 heterocycles. The molecule has 0 unspecified atom stereocenters. The van der Waals surface area contributed by atoms with Gasteiger partial charge in [-0.25, -0.2) is 0 Å². The van der Waals surface area contributed by atoms with Crippen molar-refractivity contribution in [1.82, 2.24) is 25.0 Å². The first-order valence-electron chi connectivity index (χ1n) is 6.68. The maximum absolute atomic E-state index is 12.2. The Balaban J connectivity index is 1.94. The second-order valence-corrected chi connectivity index (χ2v) is 5.32. The third-order valence-corrected chi connectivity index (χ3v) is 3.80. The molecule has 1 aromatic heterocycles. The largest absolute Gasteiger partial charge is 0.366 e. The predicted molar refractivity (Wildman–Crippen MR) is 72.6 cm³/mol. The van der Waals surface area contributed by atoms with Crippen LogP contribution < -0.4 is 5.73 Å². The van der Waals surface area contributed by atoms with E-state index in [0.29, 0.717) is 6.04 Å². The van der Waals surface area contributed by atoms with Crippen molar-refractivity contribution in [2.24, 2.45) is 0 Å². The van der Waals surface area contributed by atoms with Gasteiger partial charge in [-0.3, -0.25) is 9.89 Å². The number of nitrogens with two attached hydrogens (primary N) is 1. The first kappa shape index (κ1) is 13.8. The van der Waals surface area contributed by atoms with E-state index in [1.807, 2.05) is 7.05 Å². The summed E-state index contributed by atoms with van der Waals surface area (Å²) >= 11 is 0. The Labute approximate surface area is 113 Å². The molecule has 106 valence electrons. The number of nitrogens with zero attached hydrogens (tertiary/aromatic N) is 4. The van der Waals surface area contributed by atoms with Gasteiger partial charge >= 0.3 is 0 Å². The minimum atomic E-state index is -0.146. The van der Waals surface area contributed by atoms with Crippen LogP contribution in [0, 0.1) is 0 Å². The van der Waals surface area contributed by atoms with Gasteiger partial charge in [-0.15, -0.1) is 5.10 Å². The molecule has 0 atom stereocenters. The zero-order valence-electron chi connectivity index (χ0n) is 11.8. The van der Waals surface area contributed by atoms with Gasteiger partial charge in [0.1, 0.15) is 0 Å². The molecule has 1 amide bonds. The van der Waals surface area contributed by atoms with Gasteiger partial charge in [0, 0.05) is 32.2 Å². The number of piperidine rings is 1. The predicted octanol–water partition coefficient (Wildman–Crippen LogP) is 0.332. The summed E-state index contributed by atoms with van der Waals surface area (Å²) in [6.45, 7) is 6.45. The van der Waals surface area contributed by atoms with Crippen molar-refractivity contribution in [3.05, 3.63) is 5.82 Å². The van der Waals surface area contributed by atoms with Crippen molar-refractivity contribution in [2.75, 3.05) is 25.9 Å². The first-order valence-corrected chi connectivity index (χ1v) is 6.68. The first-order chi connectivity index (χ1) is 8.99. The van der Waals surface area contributed by atoms with Crippen molar-refractivity contribution < 1.29 is 4.79 Å². The molecule has 0 bridgehead atoms. The molecule has 1 fully saturated rings. The molecule has 7 nitrogen and oxygen atoms in total. The van der Waals surface area contributed by atoms with Gasteiger partial charge in [-0.05, 0) is 26.7 Å². The fourth-order valence-corrected chi connectivity index (χ4v) is 2.49. The Hall–Kier alpha value is -1.63. The Morgan fingerprint density at radius 2 is 2.11 bits per heavy atom. The summed E-state index contributed by atoms with van der Waals surface area (Å²) in [4.78, 5) is 20.3. The summed E-state index contributed by atoms with van der Waals surface area (Å²) in [6.07, 6.45) is 1.98. The van der Waals surface area contributed by atoms with Crippen LogP contribution in [0.2, 0.25) is 0 Å². The topological polar surface area (TPSA) is 91.1 Å². The number of carbonyl (C=O) groups excluding carboxylic acids is 1. The molecule has 0 radical (unpaired) electrons. The molecule has 2 rings (SSSR count). The van der Waals surface area contributed by atoms with E-state index in [4.69, 9.17) is 5.73 Å². The molecule has 0 aromatic carbocycles. The number of rotatable bonds is 3. The lowest BCUT2D eigenvalue weighted by Crippen LogP contribution is -2.47. The molecule has 0 aliphatic carbocycles. The number of amides is 1. The number of carbonyl (C=O) groups is 1. The zero-order chi connectivity index (χ0) is 14.0. The number of nitrogens with one attached hydrogen (secondary N) is 1. The quantitative estimate of drug-likeness (QED) is 0.822. The molecule has 7 heteroatoms. The number of nitrogen functional groups attached to an aromatic ring is 1. The third-order valence-electron chi connectivity index (χ3n) is 3.80. The molecule has 1 aromatic rings. The molecule has 0 saturated carbocycles. The van der Waals surface area contributed by atoms with Gasteiger partial charge in [0.05, 0.1) is 0 Å². The fraction of sp³-hybridized carbons (Fsp3) is 0.750. The van der Waals surface area contributed by atoms with E-state index in [1.54, 1.807) is 4.90 Å². The van der Waals surface area contributed by atoms with Crippen LogP contribution in [-0.4, -0.2) is 63.1 Å². The summed E-state index contributed by atoms with van der Waals surface area (Å²) in [6, 6.07) is 0.824. The van der Waals surface area contributed by atoms with Gasteiger partial charge in [0.25, 0.3) is 5.91 Å². The van der Waals surface area contributed by atoms with Crippen molar-refractivity contribution in [1.29, 1.82) is 0 Å². The van der Waals surface area contributed by atoms with E-state index >= 15 is 0 Å². The number of H-pyrrole nitrogens is 1. The Bertz CT molecular complexity index is 435. The average Bonchev–Trinajstić information content (AvgIpc) is 2.84. The van der Waals surface area contributed by atoms with Crippen molar-refractivity contribution in [3.63, 3.8) is 0 Å². The SMILES string of the molecule is CC(C)N1CCC(N(C)C(=O)c2nc(N)n[nH]2)CC1. The molecular formula is C12H22N6O. The summed E-state index contributed by atoms with van der Waals surface area (Å²) in [5.41, 5.74) is 5.42. The van der Waals surface area contributed by atoms with Crippen LogP contribution in [-0.2, 0) is 0 Å². The highest BCUT2D eigenvalue weighted by Crippen LogP contribution is 2.18. The molecule has 1 aliphatic heterocycles. The maximum atomic E-state index is 12.2. The highest BCUT2D eigenvalue weighted by Gasteiger charge is 2.28. The lowest BCUT2D eigenvalue weighted by molar-refractivity contribution is 0.0604. The van der Waals surface area contributed by atoms with E-state index < -0.39 is 0 Å². The molecule has 3 N–H and O–H groups in total. The summed E-state index contributed by atoms with van der Waals surface area (Å²) in [7, 11) is 1.82. The van der Waals surface area contributed by atoms with Gasteiger partial charge in [0.2, 0.25) is 11.8 Å². The summed E-state index contributed by atoms with van der Waals surface area (Å²) in [5, 5.41) is 6.25. The van der Waals surface area contributed by atoms with Crippen LogP contribution in [0.25, 0.3) is 0 Å². The van der Waals surface area contributed by atoms with E-state index in [0.717, 1.165) is 25.9 Å². The van der Waals surface area contributed by atoms with Crippen molar-refractivity contribution in [2.45, 2.75) is 38.8 Å². The Morgan fingerprint density at radius 1 is 1.47 bits per heavy atom. The van der Waals surface area contributed by atoms with Crippen LogP contribution in [0.4, 0.5) is 5.95 Å². The van der Waals surface area contributed by atoms with E-state index in [2.05, 4.69) is 33.9 Å². The second kappa shape index (κ2) is 5.56. The van der Waals surface area contributed by atoms with Crippen LogP contribution >= 0.6 is 0 Å².